The maximum absolute atomic E-state index is 13.5. The van der Waals surface area contributed by atoms with Crippen LogP contribution in [0.25, 0.3) is 0 Å². The Balaban J connectivity index is 2.40. The molecule has 0 aliphatic heterocycles. The summed E-state index contributed by atoms with van der Waals surface area (Å²) in [6.45, 7) is 0. The van der Waals surface area contributed by atoms with Crippen molar-refractivity contribution in [2.45, 2.75) is 6.04 Å². The van der Waals surface area contributed by atoms with Gasteiger partial charge in [0.1, 0.15) is 5.82 Å². The molecule has 15 heavy (non-hydrogen) atoms. The number of thiazole rings is 1. The van der Waals surface area contributed by atoms with E-state index in [1.54, 1.807) is 29.9 Å². The third-order valence-electron chi connectivity index (χ3n) is 2.12. The normalized spacial score (nSPS) is 12.7. The maximum atomic E-state index is 13.5. The summed E-state index contributed by atoms with van der Waals surface area (Å²) in [5.41, 5.74) is 4.82. The van der Waals surface area contributed by atoms with Gasteiger partial charge in [-0.3, -0.25) is 10.8 Å². The third kappa shape index (κ3) is 2.04. The van der Waals surface area contributed by atoms with Gasteiger partial charge in [-0.15, -0.1) is 11.3 Å². The van der Waals surface area contributed by atoms with Crippen LogP contribution >= 0.6 is 11.3 Å². The van der Waals surface area contributed by atoms with Crippen LogP contribution in [-0.2, 0) is 0 Å². The number of nitrogens with two attached hydrogens (primary N) is 1. The van der Waals surface area contributed by atoms with E-state index >= 15 is 0 Å². The first-order chi connectivity index (χ1) is 7.33. The quantitative estimate of drug-likeness (QED) is 0.616. The van der Waals surface area contributed by atoms with Crippen molar-refractivity contribution in [1.29, 1.82) is 0 Å². The van der Waals surface area contributed by atoms with Gasteiger partial charge in [-0.05, 0) is 6.07 Å². The molecule has 0 saturated heterocycles. The van der Waals surface area contributed by atoms with Crippen molar-refractivity contribution in [2.24, 2.45) is 5.84 Å². The number of aromatic nitrogens is 1. The molecule has 0 bridgehead atoms. The van der Waals surface area contributed by atoms with E-state index in [4.69, 9.17) is 5.84 Å². The minimum absolute atomic E-state index is 0.270. The highest BCUT2D eigenvalue weighted by Gasteiger charge is 2.16. The summed E-state index contributed by atoms with van der Waals surface area (Å²) in [5, 5.41) is 0. The van der Waals surface area contributed by atoms with Crippen LogP contribution < -0.4 is 11.3 Å². The first kappa shape index (κ1) is 10.2. The molecule has 1 aromatic carbocycles. The van der Waals surface area contributed by atoms with Crippen LogP contribution in [0.3, 0.4) is 0 Å². The number of nitrogens with zero attached hydrogens (tertiary/aromatic N) is 1. The standard InChI is InChI=1S/C10H10FN3S/c11-8-4-2-1-3-7(8)10(14-12)9-5-13-6-15-9/h1-6,10,14H,12H2. The highest BCUT2D eigenvalue weighted by atomic mass is 32.1. The highest BCUT2D eigenvalue weighted by Crippen LogP contribution is 2.25. The van der Waals surface area contributed by atoms with E-state index in [1.807, 2.05) is 0 Å². The molecule has 0 fully saturated rings. The summed E-state index contributed by atoms with van der Waals surface area (Å²) in [4.78, 5) is 4.84. The predicted molar refractivity (Wildman–Crippen MR) is 57.7 cm³/mol. The molecular formula is C10H10FN3S. The molecule has 1 unspecified atom stereocenters. The van der Waals surface area contributed by atoms with Gasteiger partial charge in [-0.25, -0.2) is 9.82 Å². The summed E-state index contributed by atoms with van der Waals surface area (Å²) >= 11 is 1.44. The number of hydrogen-bond donors (Lipinski definition) is 2. The Morgan fingerprint density at radius 1 is 1.40 bits per heavy atom. The number of benzene rings is 1. The topological polar surface area (TPSA) is 50.9 Å². The predicted octanol–water partition coefficient (Wildman–Crippen LogP) is 1.83. The molecular weight excluding hydrogens is 213 g/mol. The summed E-state index contributed by atoms with van der Waals surface area (Å²) in [6.07, 6.45) is 1.68. The zero-order chi connectivity index (χ0) is 10.7. The minimum Gasteiger partial charge on any atom is -0.271 e. The van der Waals surface area contributed by atoms with Crippen LogP contribution in [0, 0.1) is 5.82 Å². The van der Waals surface area contributed by atoms with Crippen molar-refractivity contribution in [3.8, 4) is 0 Å². The fourth-order valence-electron chi connectivity index (χ4n) is 1.40. The smallest absolute Gasteiger partial charge is 0.128 e. The Morgan fingerprint density at radius 3 is 2.80 bits per heavy atom. The lowest BCUT2D eigenvalue weighted by molar-refractivity contribution is 0.564. The molecule has 5 heteroatoms. The molecule has 0 spiro atoms. The Morgan fingerprint density at radius 2 is 2.20 bits per heavy atom. The Kier molecular flexibility index (Phi) is 3.05. The molecule has 3 N–H and O–H groups in total. The van der Waals surface area contributed by atoms with E-state index in [1.165, 1.54) is 17.4 Å². The fraction of sp³-hybridized carbons (Fsp3) is 0.100. The maximum Gasteiger partial charge on any atom is 0.128 e. The number of hydrazine groups is 1. The molecule has 0 radical (unpaired) electrons. The Hall–Kier alpha value is -1.30. The van der Waals surface area contributed by atoms with Gasteiger partial charge < -0.3 is 0 Å². The van der Waals surface area contributed by atoms with Crippen molar-refractivity contribution in [3.05, 3.63) is 52.2 Å². The van der Waals surface area contributed by atoms with Gasteiger partial charge in [0.25, 0.3) is 0 Å². The second kappa shape index (κ2) is 4.48. The lowest BCUT2D eigenvalue weighted by atomic mass is 10.1. The first-order valence-corrected chi connectivity index (χ1v) is 5.30. The van der Waals surface area contributed by atoms with E-state index in [0.29, 0.717) is 5.56 Å². The summed E-state index contributed by atoms with van der Waals surface area (Å²) < 4.78 is 13.5. The van der Waals surface area contributed by atoms with Crippen molar-refractivity contribution >= 4 is 11.3 Å². The van der Waals surface area contributed by atoms with E-state index in [2.05, 4.69) is 10.4 Å². The second-order valence-electron chi connectivity index (χ2n) is 3.02. The molecule has 1 heterocycles. The minimum atomic E-state index is -0.335. The zero-order valence-corrected chi connectivity index (χ0v) is 8.67. The van der Waals surface area contributed by atoms with E-state index < -0.39 is 0 Å². The van der Waals surface area contributed by atoms with Crippen molar-refractivity contribution in [3.63, 3.8) is 0 Å². The van der Waals surface area contributed by atoms with Crippen LogP contribution in [0.2, 0.25) is 0 Å². The van der Waals surface area contributed by atoms with Gasteiger partial charge in [0, 0.05) is 16.6 Å². The molecule has 0 aliphatic rings. The van der Waals surface area contributed by atoms with Crippen LogP contribution in [0.4, 0.5) is 4.39 Å². The Bertz CT molecular complexity index is 430. The molecule has 2 aromatic rings. The lowest BCUT2D eigenvalue weighted by Crippen LogP contribution is -2.28. The average molecular weight is 223 g/mol. The number of hydrogen-bond acceptors (Lipinski definition) is 4. The first-order valence-electron chi connectivity index (χ1n) is 4.42. The molecule has 78 valence electrons. The van der Waals surface area contributed by atoms with Gasteiger partial charge in [-0.1, -0.05) is 18.2 Å². The van der Waals surface area contributed by atoms with Crippen LogP contribution in [0.15, 0.2) is 36.0 Å². The molecule has 0 amide bonds. The molecule has 1 atom stereocenters. The summed E-state index contributed by atoms with van der Waals surface area (Å²) in [5.74, 6) is 5.16. The molecule has 3 nitrogen and oxygen atoms in total. The monoisotopic (exact) mass is 223 g/mol. The Labute approximate surface area is 90.7 Å². The lowest BCUT2D eigenvalue weighted by Gasteiger charge is -2.14. The molecule has 0 saturated carbocycles. The van der Waals surface area contributed by atoms with Gasteiger partial charge in [0.05, 0.1) is 11.6 Å². The average Bonchev–Trinajstić information content (AvgIpc) is 2.75. The van der Waals surface area contributed by atoms with Gasteiger partial charge in [0.2, 0.25) is 0 Å². The van der Waals surface area contributed by atoms with Crippen molar-refractivity contribution in [2.75, 3.05) is 0 Å². The molecule has 1 aromatic heterocycles. The van der Waals surface area contributed by atoms with Crippen LogP contribution in [0.1, 0.15) is 16.5 Å². The van der Waals surface area contributed by atoms with Crippen molar-refractivity contribution < 1.29 is 4.39 Å². The van der Waals surface area contributed by atoms with E-state index in [9.17, 15) is 4.39 Å². The summed E-state index contributed by atoms with van der Waals surface area (Å²) in [7, 11) is 0. The van der Waals surface area contributed by atoms with E-state index in [-0.39, 0.29) is 11.9 Å². The van der Waals surface area contributed by atoms with Gasteiger partial charge in [-0.2, -0.15) is 0 Å². The van der Waals surface area contributed by atoms with Crippen LogP contribution in [0.5, 0.6) is 0 Å². The largest absolute Gasteiger partial charge is 0.271 e. The fourth-order valence-corrected chi connectivity index (χ4v) is 2.10. The second-order valence-corrected chi connectivity index (χ2v) is 3.94. The number of halogens is 1. The van der Waals surface area contributed by atoms with Gasteiger partial charge >= 0.3 is 0 Å². The van der Waals surface area contributed by atoms with Gasteiger partial charge in [0.15, 0.2) is 0 Å². The molecule has 2 rings (SSSR count). The number of rotatable bonds is 3. The van der Waals surface area contributed by atoms with Crippen molar-refractivity contribution in [1.82, 2.24) is 10.4 Å². The number of nitrogens with one attached hydrogen (secondary N) is 1. The zero-order valence-electron chi connectivity index (χ0n) is 7.85. The summed E-state index contributed by atoms with van der Waals surface area (Å²) in [6, 6.07) is 6.22. The SMILES string of the molecule is NNC(c1cncs1)c1ccccc1F. The van der Waals surface area contributed by atoms with E-state index in [0.717, 1.165) is 4.88 Å². The highest BCUT2D eigenvalue weighted by molar-refractivity contribution is 7.09. The third-order valence-corrected chi connectivity index (χ3v) is 2.96. The molecule has 0 aliphatic carbocycles. The van der Waals surface area contributed by atoms with Crippen LogP contribution in [-0.4, -0.2) is 4.98 Å².